The summed E-state index contributed by atoms with van der Waals surface area (Å²) in [5, 5.41) is 0.963. The summed E-state index contributed by atoms with van der Waals surface area (Å²) in [5.41, 5.74) is 4.39. The molecule has 0 bridgehead atoms. The third kappa shape index (κ3) is 3.00. The first-order valence-electron chi connectivity index (χ1n) is 7.83. The predicted molar refractivity (Wildman–Crippen MR) is 92.1 cm³/mol. The number of benzene rings is 2. The molecule has 0 atom stereocenters. The molecule has 0 radical (unpaired) electrons. The summed E-state index contributed by atoms with van der Waals surface area (Å²) in [6, 6.07) is 13.8. The van der Waals surface area contributed by atoms with Gasteiger partial charge in [0.15, 0.2) is 0 Å². The maximum atomic E-state index is 12.0. The van der Waals surface area contributed by atoms with E-state index in [4.69, 9.17) is 9.15 Å². The molecule has 0 spiro atoms. The van der Waals surface area contributed by atoms with Crippen LogP contribution in [0.5, 0.6) is 5.75 Å². The molecular formula is C20H20O3. The minimum Gasteiger partial charge on any atom is -0.489 e. The fourth-order valence-corrected chi connectivity index (χ4v) is 2.81. The minimum atomic E-state index is -0.256. The first-order chi connectivity index (χ1) is 11.1. The Balaban J connectivity index is 1.92. The summed E-state index contributed by atoms with van der Waals surface area (Å²) in [6.07, 6.45) is 0.676. The van der Waals surface area contributed by atoms with E-state index in [-0.39, 0.29) is 5.63 Å². The Labute approximate surface area is 135 Å². The standard InChI is InChI=1S/C20H20O3/c1-4-17-14(3)18-10-9-16(11-19(18)23-20(17)21)22-12-15-8-6-5-7-13(15)2/h5-11H,4,12H2,1-3H3. The van der Waals surface area contributed by atoms with Crippen LogP contribution in [0.1, 0.15) is 29.2 Å². The third-order valence-corrected chi connectivity index (χ3v) is 4.27. The van der Waals surface area contributed by atoms with Crippen LogP contribution in [-0.2, 0) is 13.0 Å². The number of hydrogen-bond acceptors (Lipinski definition) is 3. The van der Waals surface area contributed by atoms with Crippen LogP contribution in [0, 0.1) is 13.8 Å². The molecule has 0 N–H and O–H groups in total. The van der Waals surface area contributed by atoms with E-state index in [2.05, 4.69) is 13.0 Å². The summed E-state index contributed by atoms with van der Waals surface area (Å²) in [5.74, 6) is 0.701. The highest BCUT2D eigenvalue weighted by Gasteiger charge is 2.10. The normalized spacial score (nSPS) is 10.9. The van der Waals surface area contributed by atoms with Gasteiger partial charge in [-0.1, -0.05) is 31.2 Å². The molecule has 2 aromatic carbocycles. The van der Waals surface area contributed by atoms with Gasteiger partial charge in [-0.05, 0) is 49.1 Å². The second kappa shape index (κ2) is 6.29. The molecule has 3 rings (SSSR count). The van der Waals surface area contributed by atoms with Crippen LogP contribution >= 0.6 is 0 Å². The number of ether oxygens (including phenoxy) is 1. The van der Waals surface area contributed by atoms with Crippen molar-refractivity contribution >= 4 is 11.0 Å². The lowest BCUT2D eigenvalue weighted by Crippen LogP contribution is -2.09. The fourth-order valence-electron chi connectivity index (χ4n) is 2.81. The zero-order valence-corrected chi connectivity index (χ0v) is 13.7. The van der Waals surface area contributed by atoms with Gasteiger partial charge in [-0.25, -0.2) is 4.79 Å². The summed E-state index contributed by atoms with van der Waals surface area (Å²) in [6.45, 7) is 6.49. The van der Waals surface area contributed by atoms with Crippen molar-refractivity contribution in [2.45, 2.75) is 33.8 Å². The molecule has 0 aliphatic heterocycles. The Morgan fingerprint density at radius 2 is 1.87 bits per heavy atom. The molecule has 0 saturated heterocycles. The van der Waals surface area contributed by atoms with Crippen molar-refractivity contribution in [1.29, 1.82) is 0 Å². The molecule has 3 nitrogen and oxygen atoms in total. The molecule has 0 amide bonds. The molecule has 0 saturated carbocycles. The van der Waals surface area contributed by atoms with Crippen molar-refractivity contribution in [1.82, 2.24) is 0 Å². The van der Waals surface area contributed by atoms with Crippen molar-refractivity contribution in [3.05, 3.63) is 75.1 Å². The topological polar surface area (TPSA) is 39.4 Å². The monoisotopic (exact) mass is 308 g/mol. The van der Waals surface area contributed by atoms with Crippen LogP contribution in [0.25, 0.3) is 11.0 Å². The highest BCUT2D eigenvalue weighted by molar-refractivity contribution is 5.82. The quantitative estimate of drug-likeness (QED) is 0.664. The van der Waals surface area contributed by atoms with Crippen LogP contribution in [0.3, 0.4) is 0 Å². The summed E-state index contributed by atoms with van der Waals surface area (Å²) < 4.78 is 11.3. The van der Waals surface area contributed by atoms with Gasteiger partial charge in [-0.2, -0.15) is 0 Å². The molecule has 118 valence electrons. The van der Waals surface area contributed by atoms with E-state index in [1.807, 2.05) is 44.2 Å². The summed E-state index contributed by atoms with van der Waals surface area (Å²) in [4.78, 5) is 12.0. The van der Waals surface area contributed by atoms with Gasteiger partial charge in [0.25, 0.3) is 0 Å². The number of hydrogen-bond donors (Lipinski definition) is 0. The molecule has 1 heterocycles. The second-order valence-corrected chi connectivity index (χ2v) is 5.72. The zero-order valence-electron chi connectivity index (χ0n) is 13.7. The molecule has 23 heavy (non-hydrogen) atoms. The van der Waals surface area contributed by atoms with Crippen LogP contribution < -0.4 is 10.4 Å². The van der Waals surface area contributed by atoms with Gasteiger partial charge < -0.3 is 9.15 Å². The largest absolute Gasteiger partial charge is 0.489 e. The molecule has 0 unspecified atom stereocenters. The summed E-state index contributed by atoms with van der Waals surface area (Å²) >= 11 is 0. The lowest BCUT2D eigenvalue weighted by molar-refractivity contribution is 0.305. The Morgan fingerprint density at radius 3 is 2.61 bits per heavy atom. The molecule has 0 aliphatic rings. The third-order valence-electron chi connectivity index (χ3n) is 4.27. The predicted octanol–water partition coefficient (Wildman–Crippen LogP) is 4.55. The Morgan fingerprint density at radius 1 is 1.09 bits per heavy atom. The average Bonchev–Trinajstić information content (AvgIpc) is 2.54. The van der Waals surface area contributed by atoms with Gasteiger partial charge in [0.1, 0.15) is 17.9 Å². The van der Waals surface area contributed by atoms with Crippen molar-refractivity contribution in [2.24, 2.45) is 0 Å². The van der Waals surface area contributed by atoms with Gasteiger partial charge in [0, 0.05) is 17.0 Å². The fraction of sp³-hybridized carbons (Fsp3) is 0.250. The van der Waals surface area contributed by atoms with Crippen LogP contribution in [0.2, 0.25) is 0 Å². The second-order valence-electron chi connectivity index (χ2n) is 5.72. The van der Waals surface area contributed by atoms with E-state index in [0.29, 0.717) is 24.4 Å². The lowest BCUT2D eigenvalue weighted by Gasteiger charge is -2.10. The Kier molecular flexibility index (Phi) is 4.20. The Hall–Kier alpha value is -2.55. The highest BCUT2D eigenvalue weighted by atomic mass is 16.5. The highest BCUT2D eigenvalue weighted by Crippen LogP contribution is 2.25. The Bertz CT molecular complexity index is 906. The van der Waals surface area contributed by atoms with Crippen LogP contribution in [-0.4, -0.2) is 0 Å². The van der Waals surface area contributed by atoms with Gasteiger partial charge in [0.2, 0.25) is 0 Å². The molecule has 3 heteroatoms. The van der Waals surface area contributed by atoms with Gasteiger partial charge >= 0.3 is 5.63 Å². The van der Waals surface area contributed by atoms with Crippen molar-refractivity contribution in [2.75, 3.05) is 0 Å². The summed E-state index contributed by atoms with van der Waals surface area (Å²) in [7, 11) is 0. The van der Waals surface area contributed by atoms with E-state index in [1.54, 1.807) is 6.07 Å². The molecule has 1 aromatic heterocycles. The van der Waals surface area contributed by atoms with Gasteiger partial charge in [-0.15, -0.1) is 0 Å². The molecule has 0 fully saturated rings. The maximum Gasteiger partial charge on any atom is 0.339 e. The van der Waals surface area contributed by atoms with Crippen molar-refractivity contribution < 1.29 is 9.15 Å². The van der Waals surface area contributed by atoms with E-state index in [9.17, 15) is 4.79 Å². The molecule has 3 aromatic rings. The minimum absolute atomic E-state index is 0.256. The van der Waals surface area contributed by atoms with Gasteiger partial charge in [0.05, 0.1) is 0 Å². The van der Waals surface area contributed by atoms with Gasteiger partial charge in [-0.3, -0.25) is 0 Å². The van der Waals surface area contributed by atoms with Crippen LogP contribution in [0.15, 0.2) is 51.7 Å². The molecule has 0 aliphatic carbocycles. The van der Waals surface area contributed by atoms with Crippen LogP contribution in [0.4, 0.5) is 0 Å². The number of fused-ring (bicyclic) bond motifs is 1. The first-order valence-corrected chi connectivity index (χ1v) is 7.83. The smallest absolute Gasteiger partial charge is 0.339 e. The zero-order chi connectivity index (χ0) is 16.4. The van der Waals surface area contributed by atoms with E-state index in [1.165, 1.54) is 5.56 Å². The molecular weight excluding hydrogens is 288 g/mol. The lowest BCUT2D eigenvalue weighted by atomic mass is 10.0. The van der Waals surface area contributed by atoms with Crippen molar-refractivity contribution in [3.63, 3.8) is 0 Å². The van der Waals surface area contributed by atoms with E-state index < -0.39 is 0 Å². The number of aryl methyl sites for hydroxylation is 2. The SMILES string of the molecule is CCc1c(C)c2ccc(OCc3ccccc3C)cc2oc1=O. The van der Waals surface area contributed by atoms with E-state index in [0.717, 1.165) is 22.1 Å². The number of rotatable bonds is 4. The average molecular weight is 308 g/mol. The first kappa shape index (κ1) is 15.3. The van der Waals surface area contributed by atoms with Crippen molar-refractivity contribution in [3.8, 4) is 5.75 Å². The maximum absolute atomic E-state index is 12.0. The van der Waals surface area contributed by atoms with E-state index >= 15 is 0 Å².